The van der Waals surface area contributed by atoms with E-state index in [9.17, 15) is 24.8 Å². The standard InChI is InChI=1S/C18H17N3O6/c1-19(8-9-22)16-15(12-4-6-13(7-5-12)21(25)26)17(23)20(18(16)24)11-14-3-2-10-27-14/h2-7,10,22H,8-9,11H2,1H3. The van der Waals surface area contributed by atoms with Crippen LogP contribution in [0.3, 0.4) is 0 Å². The Morgan fingerprint density at radius 1 is 1.19 bits per heavy atom. The highest BCUT2D eigenvalue weighted by atomic mass is 16.6. The molecule has 1 aliphatic heterocycles. The Balaban J connectivity index is 2.02. The summed E-state index contributed by atoms with van der Waals surface area (Å²) in [5.41, 5.74) is 0.543. The molecular weight excluding hydrogens is 354 g/mol. The lowest BCUT2D eigenvalue weighted by Crippen LogP contribution is -2.34. The van der Waals surface area contributed by atoms with E-state index >= 15 is 0 Å². The summed E-state index contributed by atoms with van der Waals surface area (Å²) < 4.78 is 5.23. The predicted molar refractivity (Wildman–Crippen MR) is 94.0 cm³/mol. The topological polar surface area (TPSA) is 117 Å². The van der Waals surface area contributed by atoms with Gasteiger partial charge in [-0.1, -0.05) is 0 Å². The molecule has 140 valence electrons. The lowest BCUT2D eigenvalue weighted by molar-refractivity contribution is -0.384. The minimum atomic E-state index is -0.540. The van der Waals surface area contributed by atoms with Crippen LogP contribution in [0.25, 0.3) is 5.57 Å². The van der Waals surface area contributed by atoms with E-state index in [1.165, 1.54) is 35.4 Å². The van der Waals surface area contributed by atoms with Crippen LogP contribution < -0.4 is 0 Å². The number of aliphatic hydroxyl groups excluding tert-OH is 1. The summed E-state index contributed by atoms with van der Waals surface area (Å²) in [5, 5.41) is 20.1. The maximum Gasteiger partial charge on any atom is 0.278 e. The Labute approximate surface area is 154 Å². The van der Waals surface area contributed by atoms with Gasteiger partial charge in [-0.2, -0.15) is 0 Å². The third kappa shape index (κ3) is 3.44. The first kappa shape index (κ1) is 18.3. The molecular formula is C18H17N3O6. The van der Waals surface area contributed by atoms with E-state index in [2.05, 4.69) is 0 Å². The minimum absolute atomic E-state index is 0.0301. The third-order valence-corrected chi connectivity index (χ3v) is 4.22. The van der Waals surface area contributed by atoms with E-state index in [4.69, 9.17) is 4.42 Å². The number of rotatable bonds is 7. The molecule has 0 unspecified atom stereocenters. The summed E-state index contributed by atoms with van der Waals surface area (Å²) in [6.45, 7) is -0.0791. The van der Waals surface area contributed by atoms with Crippen LogP contribution in [0.5, 0.6) is 0 Å². The molecule has 0 saturated heterocycles. The van der Waals surface area contributed by atoms with Gasteiger partial charge < -0.3 is 14.4 Å². The highest BCUT2D eigenvalue weighted by molar-refractivity contribution is 6.35. The molecule has 9 nitrogen and oxygen atoms in total. The number of aliphatic hydroxyl groups is 1. The fourth-order valence-electron chi connectivity index (χ4n) is 2.89. The molecule has 1 aromatic heterocycles. The zero-order valence-electron chi connectivity index (χ0n) is 14.5. The first-order valence-electron chi connectivity index (χ1n) is 8.13. The summed E-state index contributed by atoms with van der Waals surface area (Å²) in [5.74, 6) is -0.587. The van der Waals surface area contributed by atoms with Gasteiger partial charge in [0, 0.05) is 25.7 Å². The van der Waals surface area contributed by atoms with E-state index in [1.807, 2.05) is 0 Å². The highest BCUT2D eigenvalue weighted by Gasteiger charge is 2.41. The Morgan fingerprint density at radius 3 is 2.44 bits per heavy atom. The van der Waals surface area contributed by atoms with Gasteiger partial charge in [-0.05, 0) is 29.8 Å². The van der Waals surface area contributed by atoms with E-state index in [0.717, 1.165) is 4.90 Å². The second-order valence-corrected chi connectivity index (χ2v) is 5.95. The fourth-order valence-corrected chi connectivity index (χ4v) is 2.89. The molecule has 0 bridgehead atoms. The van der Waals surface area contributed by atoms with Gasteiger partial charge in [0.2, 0.25) is 0 Å². The fraction of sp³-hybridized carbons (Fsp3) is 0.222. The Hall–Kier alpha value is -3.46. The Bertz CT molecular complexity index is 902. The normalized spacial score (nSPS) is 14.2. The van der Waals surface area contributed by atoms with Crippen molar-refractivity contribution in [3.05, 3.63) is 69.8 Å². The van der Waals surface area contributed by atoms with Crippen LogP contribution >= 0.6 is 0 Å². The summed E-state index contributed by atoms with van der Waals surface area (Å²) in [6, 6.07) is 8.73. The Kier molecular flexibility index (Phi) is 5.04. The second-order valence-electron chi connectivity index (χ2n) is 5.95. The lowest BCUT2D eigenvalue weighted by Gasteiger charge is -2.20. The number of imide groups is 1. The number of nitro groups is 1. The van der Waals surface area contributed by atoms with Crippen molar-refractivity contribution in [1.82, 2.24) is 9.80 Å². The monoisotopic (exact) mass is 371 g/mol. The maximum atomic E-state index is 13.0. The second kappa shape index (κ2) is 7.42. The minimum Gasteiger partial charge on any atom is -0.467 e. The number of hydrogen-bond acceptors (Lipinski definition) is 7. The number of hydrogen-bond donors (Lipinski definition) is 1. The van der Waals surface area contributed by atoms with Crippen molar-refractivity contribution >= 4 is 23.1 Å². The van der Waals surface area contributed by atoms with E-state index in [1.54, 1.807) is 19.2 Å². The number of nitrogens with zero attached hydrogens (tertiary/aromatic N) is 3. The molecule has 3 rings (SSSR count). The summed E-state index contributed by atoms with van der Waals surface area (Å²) in [6.07, 6.45) is 1.45. The molecule has 0 radical (unpaired) electrons. The smallest absolute Gasteiger partial charge is 0.278 e. The molecule has 1 aliphatic rings. The third-order valence-electron chi connectivity index (χ3n) is 4.22. The molecule has 0 spiro atoms. The van der Waals surface area contributed by atoms with E-state index < -0.39 is 16.7 Å². The van der Waals surface area contributed by atoms with Gasteiger partial charge >= 0.3 is 0 Å². The number of carbonyl (C=O) groups excluding carboxylic acids is 2. The first-order valence-corrected chi connectivity index (χ1v) is 8.13. The van der Waals surface area contributed by atoms with E-state index in [0.29, 0.717) is 11.3 Å². The summed E-state index contributed by atoms with van der Waals surface area (Å²) >= 11 is 0. The molecule has 2 heterocycles. The first-order chi connectivity index (χ1) is 12.9. The predicted octanol–water partition coefficient (Wildman–Crippen LogP) is 1.39. The highest BCUT2D eigenvalue weighted by Crippen LogP contribution is 2.32. The molecule has 27 heavy (non-hydrogen) atoms. The lowest BCUT2D eigenvalue weighted by atomic mass is 10.0. The van der Waals surface area contributed by atoms with E-state index in [-0.39, 0.29) is 36.7 Å². The van der Waals surface area contributed by atoms with Gasteiger partial charge in [0.25, 0.3) is 17.5 Å². The molecule has 2 amide bonds. The van der Waals surface area contributed by atoms with Gasteiger partial charge in [0.15, 0.2) is 0 Å². The molecule has 1 N–H and O–H groups in total. The van der Waals surface area contributed by atoms with Gasteiger partial charge in [-0.15, -0.1) is 0 Å². The van der Waals surface area contributed by atoms with Crippen molar-refractivity contribution in [2.45, 2.75) is 6.54 Å². The molecule has 1 aromatic carbocycles. The number of amides is 2. The molecule has 0 saturated carbocycles. The number of furan rings is 1. The van der Waals surface area contributed by atoms with Crippen LogP contribution in [-0.2, 0) is 16.1 Å². The van der Waals surface area contributed by atoms with Gasteiger partial charge in [0.05, 0.1) is 29.9 Å². The van der Waals surface area contributed by atoms with Crippen LogP contribution in [0, 0.1) is 10.1 Å². The van der Waals surface area contributed by atoms with Crippen LogP contribution in [0.2, 0.25) is 0 Å². The summed E-state index contributed by atoms with van der Waals surface area (Å²) in [7, 11) is 1.60. The maximum absolute atomic E-state index is 13.0. The average Bonchev–Trinajstić information content (AvgIpc) is 3.24. The zero-order chi connectivity index (χ0) is 19.6. The summed E-state index contributed by atoms with van der Waals surface area (Å²) in [4.78, 5) is 38.7. The van der Waals surface area contributed by atoms with Crippen molar-refractivity contribution in [2.75, 3.05) is 20.2 Å². The van der Waals surface area contributed by atoms with Crippen molar-refractivity contribution in [1.29, 1.82) is 0 Å². The molecule has 0 atom stereocenters. The van der Waals surface area contributed by atoms with Crippen LogP contribution in [0.1, 0.15) is 11.3 Å². The van der Waals surface area contributed by atoms with Crippen LogP contribution in [0.4, 0.5) is 5.69 Å². The van der Waals surface area contributed by atoms with Crippen molar-refractivity contribution < 1.29 is 24.0 Å². The van der Waals surface area contributed by atoms with Gasteiger partial charge in [-0.3, -0.25) is 24.6 Å². The largest absolute Gasteiger partial charge is 0.467 e. The molecule has 9 heteroatoms. The van der Waals surface area contributed by atoms with Crippen molar-refractivity contribution in [2.24, 2.45) is 0 Å². The zero-order valence-corrected chi connectivity index (χ0v) is 14.5. The average molecular weight is 371 g/mol. The van der Waals surface area contributed by atoms with Gasteiger partial charge in [-0.25, -0.2) is 0 Å². The van der Waals surface area contributed by atoms with Crippen molar-refractivity contribution in [3.63, 3.8) is 0 Å². The van der Waals surface area contributed by atoms with Crippen molar-refractivity contribution in [3.8, 4) is 0 Å². The SMILES string of the molecule is CN(CCO)C1=C(c2ccc([N+](=O)[O-])cc2)C(=O)N(Cc2ccco2)C1=O. The van der Waals surface area contributed by atoms with Crippen LogP contribution in [-0.4, -0.2) is 51.8 Å². The molecule has 0 fully saturated rings. The Morgan fingerprint density at radius 2 is 1.89 bits per heavy atom. The molecule has 2 aromatic rings. The number of benzene rings is 1. The number of carbonyl (C=O) groups is 2. The molecule has 0 aliphatic carbocycles. The number of likely N-dealkylation sites (N-methyl/N-ethyl adjacent to an activating group) is 1. The van der Waals surface area contributed by atoms with Crippen LogP contribution in [0.15, 0.2) is 52.8 Å². The number of non-ortho nitro benzene ring substituents is 1. The quantitative estimate of drug-likeness (QED) is 0.444. The van der Waals surface area contributed by atoms with Gasteiger partial charge in [0.1, 0.15) is 11.5 Å². The number of nitro benzene ring substituents is 1.